The van der Waals surface area contributed by atoms with E-state index < -0.39 is 23.5 Å². The van der Waals surface area contributed by atoms with Crippen molar-refractivity contribution in [3.05, 3.63) is 0 Å². The van der Waals surface area contributed by atoms with Crippen LogP contribution >= 0.6 is 11.8 Å². The van der Waals surface area contributed by atoms with E-state index in [1.165, 1.54) is 25.8 Å². The topological polar surface area (TPSA) is 78.9 Å². The summed E-state index contributed by atoms with van der Waals surface area (Å²) in [5.74, 6) is -1.60. The molecule has 0 rings (SSSR count). The molecule has 0 aliphatic heterocycles. The average Bonchev–Trinajstić information content (AvgIpc) is 2.33. The minimum absolute atomic E-state index is 0.138. The Morgan fingerprint density at radius 2 is 1.47 bits per heavy atom. The van der Waals surface area contributed by atoms with Crippen LogP contribution < -0.4 is 0 Å². The lowest BCUT2D eigenvalue weighted by Gasteiger charge is -2.27. The molecule has 7 heteroatoms. The molecule has 0 aliphatic carbocycles. The normalized spacial score (nSPS) is 14.2. The summed E-state index contributed by atoms with van der Waals surface area (Å²) >= 11 is 1.39. The van der Waals surface area contributed by atoms with Gasteiger partial charge in [-0.15, -0.1) is 0 Å². The molecule has 0 fully saturated rings. The van der Waals surface area contributed by atoms with Gasteiger partial charge in [-0.2, -0.15) is 11.8 Å². The molecule has 0 amide bonds. The highest BCUT2D eigenvalue weighted by molar-refractivity contribution is 8.00. The van der Waals surface area contributed by atoms with Gasteiger partial charge in [0.15, 0.2) is 5.41 Å². The quantitative estimate of drug-likeness (QED) is 0.579. The lowest BCUT2D eigenvalue weighted by Crippen LogP contribution is -2.42. The molecule has 0 spiro atoms. The molecule has 0 heterocycles. The number of esters is 2. The fourth-order valence-corrected chi connectivity index (χ4v) is 1.97. The number of hydrogen-bond donors (Lipinski definition) is 0. The Balaban J connectivity index is 5.02. The lowest BCUT2D eigenvalue weighted by molar-refractivity contribution is -0.164. The van der Waals surface area contributed by atoms with Crippen LogP contribution in [0.15, 0.2) is 0 Å². The molecule has 19 heavy (non-hydrogen) atoms. The van der Waals surface area contributed by atoms with Crippen molar-refractivity contribution in [3.8, 4) is 0 Å². The van der Waals surface area contributed by atoms with Gasteiger partial charge >= 0.3 is 18.1 Å². The first-order valence-corrected chi connectivity index (χ1v) is 6.58. The zero-order valence-electron chi connectivity index (χ0n) is 12.1. The van der Waals surface area contributed by atoms with E-state index in [9.17, 15) is 14.4 Å². The van der Waals surface area contributed by atoms with Gasteiger partial charge in [0.25, 0.3) is 0 Å². The average molecular weight is 292 g/mol. The number of carbonyl (C=O) groups is 3. The first-order chi connectivity index (χ1) is 8.56. The third kappa shape index (κ3) is 5.50. The zero-order valence-corrected chi connectivity index (χ0v) is 12.9. The third-order valence-electron chi connectivity index (χ3n) is 2.22. The summed E-state index contributed by atoms with van der Waals surface area (Å²) in [5.41, 5.74) is -1.55. The van der Waals surface area contributed by atoms with Crippen LogP contribution in [0.1, 0.15) is 27.7 Å². The van der Waals surface area contributed by atoms with E-state index in [2.05, 4.69) is 14.2 Å². The van der Waals surface area contributed by atoms with E-state index in [4.69, 9.17) is 0 Å². The van der Waals surface area contributed by atoms with Crippen molar-refractivity contribution in [3.63, 3.8) is 0 Å². The molecule has 0 bridgehead atoms. The maximum absolute atomic E-state index is 11.9. The van der Waals surface area contributed by atoms with E-state index in [1.807, 2.05) is 20.8 Å². The summed E-state index contributed by atoms with van der Waals surface area (Å²) in [6.45, 7) is 7.21. The molecule has 0 saturated heterocycles. The van der Waals surface area contributed by atoms with Gasteiger partial charge in [-0.05, 0) is 6.92 Å². The van der Waals surface area contributed by atoms with Crippen molar-refractivity contribution in [1.29, 1.82) is 0 Å². The molecule has 110 valence electrons. The van der Waals surface area contributed by atoms with Gasteiger partial charge in [0.1, 0.15) is 0 Å². The first-order valence-electron chi connectivity index (χ1n) is 5.59. The second-order valence-corrected chi connectivity index (χ2v) is 6.87. The Morgan fingerprint density at radius 3 is 1.84 bits per heavy atom. The fourth-order valence-electron chi connectivity index (χ4n) is 1.02. The number of methoxy groups -OCH3 is 2. The number of ether oxygens (including phenoxy) is 3. The van der Waals surface area contributed by atoms with Crippen LogP contribution in [0, 0.1) is 5.41 Å². The highest BCUT2D eigenvalue weighted by atomic mass is 32.2. The molecule has 0 saturated carbocycles. The molecule has 0 aromatic heterocycles. The van der Waals surface area contributed by atoms with Crippen molar-refractivity contribution in [2.45, 2.75) is 32.4 Å². The van der Waals surface area contributed by atoms with Crippen molar-refractivity contribution in [1.82, 2.24) is 0 Å². The molecule has 0 aromatic rings. The lowest BCUT2D eigenvalue weighted by atomic mass is 9.94. The Kier molecular flexibility index (Phi) is 6.35. The largest absolute Gasteiger partial charge is 0.515 e. The molecule has 0 N–H and O–H groups in total. The summed E-state index contributed by atoms with van der Waals surface area (Å²) < 4.78 is 13.1. The van der Waals surface area contributed by atoms with E-state index in [-0.39, 0.29) is 10.5 Å². The Hall–Kier alpha value is -1.24. The highest BCUT2D eigenvalue weighted by Gasteiger charge is 2.46. The Morgan fingerprint density at radius 1 is 0.947 bits per heavy atom. The molecule has 0 radical (unpaired) electrons. The second-order valence-electron chi connectivity index (χ2n) is 5.07. The van der Waals surface area contributed by atoms with Gasteiger partial charge < -0.3 is 14.2 Å². The maximum atomic E-state index is 11.9. The van der Waals surface area contributed by atoms with Crippen molar-refractivity contribution in [2.24, 2.45) is 5.41 Å². The van der Waals surface area contributed by atoms with Crippen molar-refractivity contribution >= 4 is 29.9 Å². The van der Waals surface area contributed by atoms with Crippen LogP contribution in [0.4, 0.5) is 4.79 Å². The second kappa shape index (κ2) is 6.79. The maximum Gasteiger partial charge on any atom is 0.515 e. The smallest absolute Gasteiger partial charge is 0.468 e. The number of rotatable bonds is 4. The number of thioether (sulfide) groups is 1. The van der Waals surface area contributed by atoms with Crippen LogP contribution in [-0.2, 0) is 23.8 Å². The van der Waals surface area contributed by atoms with Gasteiger partial charge in [-0.1, -0.05) is 20.8 Å². The van der Waals surface area contributed by atoms with Crippen LogP contribution in [0.2, 0.25) is 0 Å². The predicted octanol–water partition coefficient (Wildman–Crippen LogP) is 2.01. The third-order valence-corrected chi connectivity index (χ3v) is 3.81. The number of hydrogen-bond acceptors (Lipinski definition) is 7. The van der Waals surface area contributed by atoms with E-state index in [1.54, 1.807) is 0 Å². The first kappa shape index (κ1) is 17.8. The van der Waals surface area contributed by atoms with Gasteiger partial charge in [0, 0.05) is 10.5 Å². The van der Waals surface area contributed by atoms with E-state index in [0.29, 0.717) is 0 Å². The minimum atomic E-state index is -1.55. The van der Waals surface area contributed by atoms with Crippen LogP contribution in [0.25, 0.3) is 0 Å². The van der Waals surface area contributed by atoms with Crippen LogP contribution in [-0.4, -0.2) is 42.8 Å². The SMILES string of the molecule is COC(=O)OC(=O)C(C)(CSC(C)(C)C)C(=O)OC. The summed E-state index contributed by atoms with van der Waals surface area (Å²) in [7, 11) is 2.25. The molecular formula is C12H20O6S. The molecule has 1 atom stereocenters. The van der Waals surface area contributed by atoms with Crippen molar-refractivity contribution in [2.75, 3.05) is 20.0 Å². The summed E-state index contributed by atoms with van der Waals surface area (Å²) in [4.78, 5) is 34.6. The van der Waals surface area contributed by atoms with E-state index in [0.717, 1.165) is 7.11 Å². The van der Waals surface area contributed by atoms with Gasteiger partial charge in [0.05, 0.1) is 14.2 Å². The monoisotopic (exact) mass is 292 g/mol. The van der Waals surface area contributed by atoms with Gasteiger partial charge in [-0.25, -0.2) is 4.79 Å². The number of carbonyl (C=O) groups excluding carboxylic acids is 3. The van der Waals surface area contributed by atoms with Gasteiger partial charge in [0.2, 0.25) is 0 Å². The Bertz CT molecular complexity index is 360. The zero-order chi connectivity index (χ0) is 15.3. The fraction of sp³-hybridized carbons (Fsp3) is 0.750. The van der Waals surface area contributed by atoms with Gasteiger partial charge in [-0.3, -0.25) is 9.59 Å². The molecular weight excluding hydrogens is 272 g/mol. The summed E-state index contributed by atoms with van der Waals surface area (Å²) in [6, 6.07) is 0. The minimum Gasteiger partial charge on any atom is -0.468 e. The van der Waals surface area contributed by atoms with Crippen molar-refractivity contribution < 1.29 is 28.6 Å². The van der Waals surface area contributed by atoms with Crippen LogP contribution in [0.3, 0.4) is 0 Å². The standard InChI is InChI=1S/C12H20O6S/c1-11(2,3)19-7-12(4,8(13)16-5)9(14)18-10(15)17-6/h7H2,1-6H3. The highest BCUT2D eigenvalue weighted by Crippen LogP contribution is 2.33. The summed E-state index contributed by atoms with van der Waals surface area (Å²) in [5, 5.41) is 0. The van der Waals surface area contributed by atoms with E-state index >= 15 is 0 Å². The molecule has 6 nitrogen and oxygen atoms in total. The summed E-state index contributed by atoms with van der Waals surface area (Å²) in [6.07, 6.45) is -1.15. The Labute approximate surface area is 117 Å². The predicted molar refractivity (Wildman–Crippen MR) is 70.8 cm³/mol. The molecule has 0 aromatic carbocycles. The molecule has 1 unspecified atom stereocenters. The molecule has 0 aliphatic rings. The van der Waals surface area contributed by atoms with Crippen LogP contribution in [0.5, 0.6) is 0 Å².